The average molecular weight is 342 g/mol. The third-order valence-corrected chi connectivity index (χ3v) is 4.68. The van der Waals surface area contributed by atoms with Crippen molar-refractivity contribution in [3.8, 4) is 11.1 Å². The first kappa shape index (κ1) is 17.4. The number of carboxylic acids is 1. The van der Waals surface area contributed by atoms with Crippen LogP contribution in [0.2, 0.25) is 0 Å². The van der Waals surface area contributed by atoms with E-state index in [4.69, 9.17) is 5.11 Å². The van der Waals surface area contributed by atoms with Gasteiger partial charge in [0.25, 0.3) is 5.56 Å². The fourth-order valence-corrected chi connectivity index (χ4v) is 3.12. The van der Waals surface area contributed by atoms with Gasteiger partial charge in [-0.05, 0) is 42.7 Å². The van der Waals surface area contributed by atoms with E-state index in [-0.39, 0.29) is 17.2 Å². The number of aromatic nitrogens is 1. The average Bonchev–Trinajstić information content (AvgIpc) is 2.62. The van der Waals surface area contributed by atoms with Crippen LogP contribution in [0.5, 0.6) is 0 Å². The summed E-state index contributed by atoms with van der Waals surface area (Å²) < 4.78 is 1.69. The third-order valence-electron chi connectivity index (χ3n) is 4.68. The molecule has 0 bridgehead atoms. The van der Waals surface area contributed by atoms with Crippen molar-refractivity contribution in [3.63, 3.8) is 0 Å². The van der Waals surface area contributed by atoms with Gasteiger partial charge in [0, 0.05) is 37.9 Å². The van der Waals surface area contributed by atoms with Gasteiger partial charge >= 0.3 is 5.97 Å². The minimum Gasteiger partial charge on any atom is -0.478 e. The van der Waals surface area contributed by atoms with Crippen molar-refractivity contribution in [3.05, 3.63) is 58.5 Å². The monoisotopic (exact) mass is 342 g/mol. The Labute approximate surface area is 146 Å². The highest BCUT2D eigenvalue weighted by atomic mass is 16.4. The fraction of sp³-hybridized carbons (Fsp3) is 0.368. The molecule has 0 unspecified atom stereocenters. The van der Waals surface area contributed by atoms with Crippen molar-refractivity contribution in [2.75, 3.05) is 19.6 Å². The Morgan fingerprint density at radius 2 is 1.76 bits per heavy atom. The summed E-state index contributed by atoms with van der Waals surface area (Å²) in [7, 11) is 0. The molecule has 2 heterocycles. The number of hydrogen-bond donors (Lipinski definition) is 2. The van der Waals surface area contributed by atoms with E-state index in [1.165, 1.54) is 12.1 Å². The Kier molecular flexibility index (Phi) is 5.31. The van der Waals surface area contributed by atoms with Crippen LogP contribution in [0.25, 0.3) is 11.1 Å². The van der Waals surface area contributed by atoms with E-state index in [0.717, 1.165) is 32.5 Å². The number of pyridine rings is 1. The highest BCUT2D eigenvalue weighted by Crippen LogP contribution is 2.16. The zero-order valence-electron chi connectivity index (χ0n) is 14.0. The number of likely N-dealkylation sites (tertiary alicyclic amines) is 1. The van der Waals surface area contributed by atoms with Crippen LogP contribution in [-0.2, 0) is 6.54 Å². The largest absolute Gasteiger partial charge is 0.478 e. The lowest BCUT2D eigenvalue weighted by Gasteiger charge is -2.29. The summed E-state index contributed by atoms with van der Waals surface area (Å²) >= 11 is 0. The zero-order valence-corrected chi connectivity index (χ0v) is 14.0. The maximum absolute atomic E-state index is 12.7. The minimum atomic E-state index is -0.983. The molecule has 1 aromatic carbocycles. The van der Waals surface area contributed by atoms with Gasteiger partial charge in [0.15, 0.2) is 0 Å². The molecule has 1 aliphatic heterocycles. The van der Waals surface area contributed by atoms with Crippen molar-refractivity contribution in [2.24, 2.45) is 0 Å². The molecule has 1 aliphatic rings. The van der Waals surface area contributed by atoms with E-state index in [9.17, 15) is 14.7 Å². The summed E-state index contributed by atoms with van der Waals surface area (Å²) in [5, 5.41) is 18.5. The molecule has 6 nitrogen and oxygen atoms in total. The first-order valence-electron chi connectivity index (χ1n) is 8.48. The minimum absolute atomic E-state index is 0.0809. The van der Waals surface area contributed by atoms with Crippen LogP contribution < -0.4 is 5.56 Å². The van der Waals surface area contributed by atoms with Gasteiger partial charge in [-0.25, -0.2) is 4.79 Å². The summed E-state index contributed by atoms with van der Waals surface area (Å²) in [6.45, 7) is 3.07. The molecule has 2 aromatic rings. The van der Waals surface area contributed by atoms with Crippen molar-refractivity contribution in [1.82, 2.24) is 9.47 Å². The van der Waals surface area contributed by atoms with Crippen molar-refractivity contribution in [1.29, 1.82) is 0 Å². The van der Waals surface area contributed by atoms with E-state index >= 15 is 0 Å². The predicted octanol–water partition coefficient (Wildman–Crippen LogP) is 1.67. The van der Waals surface area contributed by atoms with E-state index < -0.39 is 5.97 Å². The molecule has 0 saturated carbocycles. The molecule has 0 spiro atoms. The number of benzene rings is 1. The number of piperidine rings is 1. The van der Waals surface area contributed by atoms with Gasteiger partial charge in [0.1, 0.15) is 0 Å². The van der Waals surface area contributed by atoms with E-state index in [0.29, 0.717) is 17.7 Å². The maximum Gasteiger partial charge on any atom is 0.335 e. The van der Waals surface area contributed by atoms with E-state index in [2.05, 4.69) is 4.90 Å². The molecule has 2 N–H and O–H groups in total. The second-order valence-corrected chi connectivity index (χ2v) is 6.38. The van der Waals surface area contributed by atoms with Crippen molar-refractivity contribution in [2.45, 2.75) is 25.5 Å². The Balaban J connectivity index is 1.73. The highest BCUT2D eigenvalue weighted by molar-refractivity contribution is 5.88. The summed E-state index contributed by atoms with van der Waals surface area (Å²) in [6.07, 6.45) is 3.14. The summed E-state index contributed by atoms with van der Waals surface area (Å²) in [6, 6.07) is 9.93. The molecule has 1 fully saturated rings. The molecule has 1 saturated heterocycles. The van der Waals surface area contributed by atoms with Crippen LogP contribution in [0, 0.1) is 0 Å². The molecular weight excluding hydrogens is 320 g/mol. The lowest BCUT2D eigenvalue weighted by atomic mass is 10.1. The van der Waals surface area contributed by atoms with Gasteiger partial charge in [-0.2, -0.15) is 0 Å². The van der Waals surface area contributed by atoms with Gasteiger partial charge in [0.05, 0.1) is 11.7 Å². The number of aliphatic hydroxyl groups is 1. The summed E-state index contributed by atoms with van der Waals surface area (Å²) in [4.78, 5) is 25.9. The fourth-order valence-electron chi connectivity index (χ4n) is 3.12. The molecule has 6 heteroatoms. The molecule has 1 aromatic heterocycles. The maximum atomic E-state index is 12.7. The topological polar surface area (TPSA) is 82.8 Å². The standard InChI is InChI=1S/C19H22N2O4/c22-16-7-10-20(11-8-16)12-13-21-9-1-2-17(18(21)23)14-3-5-15(6-4-14)19(24)25/h1-6,9,16,22H,7-8,10-13H2,(H,24,25). The Morgan fingerprint density at radius 3 is 2.40 bits per heavy atom. The summed E-state index contributed by atoms with van der Waals surface area (Å²) in [5.74, 6) is -0.983. The first-order chi connectivity index (χ1) is 12.0. The quantitative estimate of drug-likeness (QED) is 0.864. The SMILES string of the molecule is O=C(O)c1ccc(-c2cccn(CCN3CCC(O)CC3)c2=O)cc1. The lowest BCUT2D eigenvalue weighted by molar-refractivity contribution is 0.0696. The number of hydrogen-bond acceptors (Lipinski definition) is 4. The van der Waals surface area contributed by atoms with E-state index in [1.807, 2.05) is 6.07 Å². The van der Waals surface area contributed by atoms with Crippen LogP contribution >= 0.6 is 0 Å². The van der Waals surface area contributed by atoms with Crippen molar-refractivity contribution >= 4 is 5.97 Å². The third kappa shape index (κ3) is 4.15. The Hall–Kier alpha value is -2.44. The zero-order chi connectivity index (χ0) is 17.8. The number of aliphatic hydroxyl groups excluding tert-OH is 1. The first-order valence-corrected chi connectivity index (χ1v) is 8.48. The number of carboxylic acid groups (broad SMARTS) is 1. The number of rotatable bonds is 5. The number of nitrogens with zero attached hydrogens (tertiary/aromatic N) is 2. The van der Waals surface area contributed by atoms with Gasteiger partial charge in [0.2, 0.25) is 0 Å². The second-order valence-electron chi connectivity index (χ2n) is 6.38. The molecule has 3 rings (SSSR count). The molecule has 0 amide bonds. The summed E-state index contributed by atoms with van der Waals surface area (Å²) in [5.41, 5.74) is 1.40. The van der Waals surface area contributed by atoms with Gasteiger partial charge in [-0.1, -0.05) is 12.1 Å². The smallest absolute Gasteiger partial charge is 0.335 e. The van der Waals surface area contributed by atoms with Gasteiger partial charge in [-0.3, -0.25) is 4.79 Å². The molecule has 132 valence electrons. The van der Waals surface area contributed by atoms with Gasteiger partial charge in [-0.15, -0.1) is 0 Å². The Morgan fingerprint density at radius 1 is 1.08 bits per heavy atom. The molecule has 0 atom stereocenters. The number of carbonyl (C=O) groups is 1. The van der Waals surface area contributed by atoms with Crippen LogP contribution in [0.4, 0.5) is 0 Å². The van der Waals surface area contributed by atoms with Gasteiger partial charge < -0.3 is 19.7 Å². The molecule has 0 aliphatic carbocycles. The molecule has 0 radical (unpaired) electrons. The predicted molar refractivity (Wildman–Crippen MR) is 94.8 cm³/mol. The van der Waals surface area contributed by atoms with Crippen LogP contribution in [0.3, 0.4) is 0 Å². The van der Waals surface area contributed by atoms with Crippen LogP contribution in [0.15, 0.2) is 47.4 Å². The normalized spacial score (nSPS) is 16.0. The Bertz CT molecular complexity index is 790. The van der Waals surface area contributed by atoms with Crippen LogP contribution in [0.1, 0.15) is 23.2 Å². The second kappa shape index (κ2) is 7.63. The van der Waals surface area contributed by atoms with Crippen LogP contribution in [-0.4, -0.2) is 51.4 Å². The molecular formula is C19H22N2O4. The molecule has 25 heavy (non-hydrogen) atoms. The van der Waals surface area contributed by atoms with Crippen molar-refractivity contribution < 1.29 is 15.0 Å². The number of aromatic carboxylic acids is 1. The lowest BCUT2D eigenvalue weighted by Crippen LogP contribution is -2.38. The highest BCUT2D eigenvalue weighted by Gasteiger charge is 2.16. The van der Waals surface area contributed by atoms with E-state index in [1.54, 1.807) is 29.0 Å².